The number of hydrogen-bond acceptors (Lipinski definition) is 2. The predicted molar refractivity (Wildman–Crippen MR) is 63.4 cm³/mol. The smallest absolute Gasteiger partial charge is 0.310 e. The molecular weight excluding hydrogens is 235 g/mol. The molecule has 0 atom stereocenters. The maximum Gasteiger partial charge on any atom is 0.310 e. The number of esters is 1. The van der Waals surface area contributed by atoms with Crippen LogP contribution in [0.3, 0.4) is 0 Å². The Morgan fingerprint density at radius 1 is 1.27 bits per heavy atom. The fourth-order valence-corrected chi connectivity index (χ4v) is 0.975. The Bertz CT molecular complexity index is 263. The van der Waals surface area contributed by atoms with E-state index in [1.54, 1.807) is 0 Å². The van der Waals surface area contributed by atoms with E-state index in [9.17, 15) is 4.79 Å². The SMILES string of the molecule is CCOC(=O)Cc1ccccc1.ClCCl. The largest absolute Gasteiger partial charge is 0.466 e. The highest BCUT2D eigenvalue weighted by Gasteiger charge is 2.01. The zero-order valence-corrected chi connectivity index (χ0v) is 10.1. The van der Waals surface area contributed by atoms with Crippen molar-refractivity contribution in [3.63, 3.8) is 0 Å². The van der Waals surface area contributed by atoms with Gasteiger partial charge in [-0.15, -0.1) is 23.2 Å². The number of benzene rings is 1. The lowest BCUT2D eigenvalue weighted by molar-refractivity contribution is -0.142. The van der Waals surface area contributed by atoms with E-state index in [1.807, 2.05) is 37.3 Å². The molecule has 0 radical (unpaired) electrons. The molecule has 0 spiro atoms. The highest BCUT2D eigenvalue weighted by atomic mass is 35.5. The molecule has 0 saturated heterocycles. The van der Waals surface area contributed by atoms with Crippen molar-refractivity contribution in [1.82, 2.24) is 0 Å². The zero-order valence-electron chi connectivity index (χ0n) is 8.58. The maximum atomic E-state index is 11.0. The van der Waals surface area contributed by atoms with Crippen LogP contribution in [-0.4, -0.2) is 17.9 Å². The minimum absolute atomic E-state index is 0.163. The molecular formula is C11H14Cl2O2. The fraction of sp³-hybridized carbons (Fsp3) is 0.364. The molecule has 1 aromatic rings. The minimum Gasteiger partial charge on any atom is -0.466 e. The van der Waals surface area contributed by atoms with Gasteiger partial charge in [0.1, 0.15) is 0 Å². The van der Waals surface area contributed by atoms with Crippen molar-refractivity contribution in [2.24, 2.45) is 0 Å². The molecule has 4 heteroatoms. The lowest BCUT2D eigenvalue weighted by Crippen LogP contribution is -2.06. The van der Waals surface area contributed by atoms with Crippen molar-refractivity contribution in [1.29, 1.82) is 0 Å². The fourth-order valence-electron chi connectivity index (χ4n) is 0.975. The number of hydrogen-bond donors (Lipinski definition) is 0. The van der Waals surface area contributed by atoms with Crippen LogP contribution in [-0.2, 0) is 16.0 Å². The van der Waals surface area contributed by atoms with Crippen molar-refractivity contribution < 1.29 is 9.53 Å². The Hall–Kier alpha value is -0.730. The van der Waals surface area contributed by atoms with Crippen LogP contribution in [0.4, 0.5) is 0 Å². The summed E-state index contributed by atoms with van der Waals surface area (Å²) in [5.74, 6) is -0.163. The lowest BCUT2D eigenvalue weighted by Gasteiger charge is -2.00. The van der Waals surface area contributed by atoms with Crippen LogP contribution >= 0.6 is 23.2 Å². The quantitative estimate of drug-likeness (QED) is 0.607. The summed E-state index contributed by atoms with van der Waals surface area (Å²) in [5, 5.41) is 0.194. The van der Waals surface area contributed by atoms with Gasteiger partial charge in [0.25, 0.3) is 0 Å². The van der Waals surface area contributed by atoms with Crippen LogP contribution in [0.5, 0.6) is 0 Å². The standard InChI is InChI=1S/C10H12O2.CH2Cl2/c1-2-12-10(11)8-9-6-4-3-5-7-9;2-1-3/h3-7H,2,8H2,1H3;1H2. The van der Waals surface area contributed by atoms with Gasteiger partial charge in [-0.25, -0.2) is 0 Å². The van der Waals surface area contributed by atoms with Crippen LogP contribution in [0, 0.1) is 0 Å². The van der Waals surface area contributed by atoms with Crippen LogP contribution in [0.1, 0.15) is 12.5 Å². The van der Waals surface area contributed by atoms with Crippen LogP contribution < -0.4 is 0 Å². The van der Waals surface area contributed by atoms with E-state index >= 15 is 0 Å². The van der Waals surface area contributed by atoms with Crippen LogP contribution in [0.25, 0.3) is 0 Å². The van der Waals surface area contributed by atoms with Crippen LogP contribution in [0.15, 0.2) is 30.3 Å². The first-order valence-electron chi connectivity index (χ1n) is 4.56. The van der Waals surface area contributed by atoms with Gasteiger partial charge in [0.15, 0.2) is 0 Å². The van der Waals surface area contributed by atoms with E-state index in [0.717, 1.165) is 5.56 Å². The van der Waals surface area contributed by atoms with E-state index in [1.165, 1.54) is 0 Å². The topological polar surface area (TPSA) is 26.3 Å². The molecule has 1 rings (SSSR count). The molecule has 0 aliphatic carbocycles. The first kappa shape index (κ1) is 14.3. The second-order valence-corrected chi connectivity index (χ2v) is 3.38. The summed E-state index contributed by atoms with van der Waals surface area (Å²) in [6.45, 7) is 2.26. The summed E-state index contributed by atoms with van der Waals surface area (Å²) >= 11 is 9.53. The molecule has 0 bridgehead atoms. The third-order valence-electron chi connectivity index (χ3n) is 1.50. The average molecular weight is 249 g/mol. The van der Waals surface area contributed by atoms with E-state index in [0.29, 0.717) is 13.0 Å². The van der Waals surface area contributed by atoms with Gasteiger partial charge in [-0.3, -0.25) is 4.79 Å². The van der Waals surface area contributed by atoms with Gasteiger partial charge in [-0.2, -0.15) is 0 Å². The Kier molecular flexibility index (Phi) is 9.33. The van der Waals surface area contributed by atoms with Crippen molar-refractivity contribution in [2.75, 3.05) is 11.9 Å². The van der Waals surface area contributed by atoms with Crippen molar-refractivity contribution in [3.8, 4) is 0 Å². The molecule has 15 heavy (non-hydrogen) atoms. The number of rotatable bonds is 3. The molecule has 0 aliphatic rings. The summed E-state index contributed by atoms with van der Waals surface area (Å²) in [5.41, 5.74) is 0.996. The third-order valence-corrected chi connectivity index (χ3v) is 1.50. The molecule has 2 nitrogen and oxygen atoms in total. The second-order valence-electron chi connectivity index (χ2n) is 2.57. The molecule has 0 unspecified atom stereocenters. The number of carbonyl (C=O) groups excluding carboxylic acids is 1. The molecule has 0 fully saturated rings. The zero-order chi connectivity index (χ0) is 11.5. The Labute approximate surface area is 100 Å². The Morgan fingerprint density at radius 3 is 2.27 bits per heavy atom. The maximum absolute atomic E-state index is 11.0. The van der Waals surface area contributed by atoms with Gasteiger partial charge < -0.3 is 4.74 Å². The van der Waals surface area contributed by atoms with Crippen molar-refractivity contribution in [3.05, 3.63) is 35.9 Å². The molecule has 1 aromatic carbocycles. The molecule has 0 saturated carbocycles. The number of alkyl halides is 2. The first-order chi connectivity index (χ1) is 7.24. The monoisotopic (exact) mass is 248 g/mol. The van der Waals surface area contributed by atoms with Gasteiger partial charge in [0.2, 0.25) is 0 Å². The van der Waals surface area contributed by atoms with Crippen molar-refractivity contribution >= 4 is 29.2 Å². The van der Waals surface area contributed by atoms with Gasteiger partial charge in [-0.1, -0.05) is 30.3 Å². The average Bonchev–Trinajstić information content (AvgIpc) is 2.20. The van der Waals surface area contributed by atoms with E-state index in [2.05, 4.69) is 0 Å². The van der Waals surface area contributed by atoms with Crippen LogP contribution in [0.2, 0.25) is 0 Å². The normalized spacial score (nSPS) is 8.73. The number of carbonyl (C=O) groups is 1. The van der Waals surface area contributed by atoms with Gasteiger partial charge >= 0.3 is 5.97 Å². The summed E-state index contributed by atoms with van der Waals surface area (Å²) in [6, 6.07) is 9.58. The second kappa shape index (κ2) is 9.81. The summed E-state index contributed by atoms with van der Waals surface area (Å²) in [4.78, 5) is 11.0. The molecule has 0 heterocycles. The molecule has 84 valence electrons. The van der Waals surface area contributed by atoms with Gasteiger partial charge in [-0.05, 0) is 12.5 Å². The van der Waals surface area contributed by atoms with E-state index in [4.69, 9.17) is 27.9 Å². The lowest BCUT2D eigenvalue weighted by atomic mass is 10.2. The Balaban J connectivity index is 0.000000583. The summed E-state index contributed by atoms with van der Waals surface area (Å²) in [6.07, 6.45) is 0.370. The summed E-state index contributed by atoms with van der Waals surface area (Å²) in [7, 11) is 0. The number of halogens is 2. The third kappa shape index (κ3) is 8.28. The Morgan fingerprint density at radius 2 is 1.80 bits per heavy atom. The van der Waals surface area contributed by atoms with E-state index < -0.39 is 0 Å². The molecule has 0 N–H and O–H groups in total. The van der Waals surface area contributed by atoms with Gasteiger partial charge in [0.05, 0.1) is 18.4 Å². The minimum atomic E-state index is -0.163. The first-order valence-corrected chi connectivity index (χ1v) is 5.63. The molecule has 0 aliphatic heterocycles. The van der Waals surface area contributed by atoms with Crippen molar-refractivity contribution in [2.45, 2.75) is 13.3 Å². The number of ether oxygens (including phenoxy) is 1. The highest BCUT2D eigenvalue weighted by molar-refractivity contribution is 6.40. The molecule has 0 aromatic heterocycles. The highest BCUT2D eigenvalue weighted by Crippen LogP contribution is 2.00. The van der Waals surface area contributed by atoms with Gasteiger partial charge in [0, 0.05) is 0 Å². The van der Waals surface area contributed by atoms with E-state index in [-0.39, 0.29) is 11.3 Å². The molecule has 0 amide bonds. The summed E-state index contributed by atoms with van der Waals surface area (Å²) < 4.78 is 4.81. The predicted octanol–water partition coefficient (Wildman–Crippen LogP) is 3.21.